The minimum Gasteiger partial charge on any atom is -0.489 e. The van der Waals surface area contributed by atoms with Crippen LogP contribution in [0.15, 0.2) is 42.5 Å². The molecule has 2 N–H and O–H groups in total. The molecule has 6 nitrogen and oxygen atoms in total. The van der Waals surface area contributed by atoms with Crippen LogP contribution in [0.3, 0.4) is 0 Å². The topological polar surface area (TPSA) is 91.6 Å². The lowest BCUT2D eigenvalue weighted by molar-refractivity contribution is 0.0526. The third kappa shape index (κ3) is 8.16. The van der Waals surface area contributed by atoms with Crippen molar-refractivity contribution >= 4 is 17.6 Å². The van der Waals surface area contributed by atoms with Gasteiger partial charge in [0.05, 0.1) is 17.2 Å². The number of hydrogen-bond acceptors (Lipinski definition) is 6. The average Bonchev–Trinajstić information content (AvgIpc) is 2.76. The second kappa shape index (κ2) is 12.4. The molecule has 2 rings (SSSR count). The van der Waals surface area contributed by atoms with E-state index in [0.29, 0.717) is 29.5 Å². The molecule has 0 heterocycles. The molecule has 0 spiro atoms. The van der Waals surface area contributed by atoms with Crippen LogP contribution in [0.5, 0.6) is 5.75 Å². The molecule has 1 atom stereocenters. The molecule has 2 aromatic rings. The number of nitrogens with zero attached hydrogens (tertiary/aromatic N) is 1. The van der Waals surface area contributed by atoms with Gasteiger partial charge < -0.3 is 19.9 Å². The fourth-order valence-corrected chi connectivity index (χ4v) is 3.47. The van der Waals surface area contributed by atoms with E-state index in [4.69, 9.17) is 21.1 Å². The summed E-state index contributed by atoms with van der Waals surface area (Å²) in [5, 5.41) is 23.2. The van der Waals surface area contributed by atoms with Crippen LogP contribution in [0.4, 0.5) is 0 Å². The molecule has 0 saturated carbocycles. The second-order valence-corrected chi connectivity index (χ2v) is 8.64. The molecule has 0 aromatic heterocycles. The van der Waals surface area contributed by atoms with Gasteiger partial charge in [-0.05, 0) is 69.9 Å². The Morgan fingerprint density at radius 3 is 2.75 bits per heavy atom. The van der Waals surface area contributed by atoms with E-state index >= 15 is 0 Å². The van der Waals surface area contributed by atoms with Crippen molar-refractivity contribution in [1.29, 1.82) is 5.26 Å². The smallest absolute Gasteiger partial charge is 0.338 e. The van der Waals surface area contributed by atoms with Gasteiger partial charge in [0.1, 0.15) is 30.1 Å². The summed E-state index contributed by atoms with van der Waals surface area (Å²) in [6.07, 6.45) is 1.92. The van der Waals surface area contributed by atoms with Crippen molar-refractivity contribution in [1.82, 2.24) is 5.32 Å². The zero-order chi connectivity index (χ0) is 23.6. The number of carbonyl (C=O) groups excluding carboxylic acids is 1. The fourth-order valence-electron chi connectivity index (χ4n) is 3.26. The van der Waals surface area contributed by atoms with Crippen LogP contribution in [-0.2, 0) is 11.2 Å². The maximum atomic E-state index is 11.9. The molecule has 2 aromatic carbocycles. The molecular formula is C25H31ClN2O4. The van der Waals surface area contributed by atoms with Crippen LogP contribution >= 0.6 is 11.6 Å². The minimum absolute atomic E-state index is 0.0543. The van der Waals surface area contributed by atoms with E-state index in [1.807, 2.05) is 24.3 Å². The highest BCUT2D eigenvalue weighted by Gasteiger charge is 2.19. The molecule has 0 aliphatic rings. The summed E-state index contributed by atoms with van der Waals surface area (Å²) in [5.41, 5.74) is 1.74. The van der Waals surface area contributed by atoms with Gasteiger partial charge in [-0.1, -0.05) is 29.8 Å². The van der Waals surface area contributed by atoms with Crippen LogP contribution < -0.4 is 10.1 Å². The number of esters is 1. The number of β-amino-alcohol motifs (C(OH)–C–C–N with tert-alkyl or cyclic N) is 1. The quantitative estimate of drug-likeness (QED) is 0.454. The number of benzene rings is 2. The molecule has 0 amide bonds. The van der Waals surface area contributed by atoms with E-state index in [9.17, 15) is 15.2 Å². The second-order valence-electron chi connectivity index (χ2n) is 8.23. The van der Waals surface area contributed by atoms with Crippen molar-refractivity contribution in [3.63, 3.8) is 0 Å². The number of aryl methyl sites for hydroxylation is 1. The monoisotopic (exact) mass is 458 g/mol. The van der Waals surface area contributed by atoms with Gasteiger partial charge in [0.2, 0.25) is 0 Å². The van der Waals surface area contributed by atoms with Crippen molar-refractivity contribution in [3.05, 3.63) is 64.2 Å². The summed E-state index contributed by atoms with van der Waals surface area (Å²) in [5.74, 6) is 0.0653. The lowest BCUT2D eigenvalue weighted by Crippen LogP contribution is -2.44. The Morgan fingerprint density at radius 1 is 1.28 bits per heavy atom. The van der Waals surface area contributed by atoms with Gasteiger partial charge in [-0.2, -0.15) is 5.26 Å². The van der Waals surface area contributed by atoms with E-state index in [0.717, 1.165) is 24.8 Å². The van der Waals surface area contributed by atoms with E-state index in [-0.39, 0.29) is 23.7 Å². The van der Waals surface area contributed by atoms with Crippen molar-refractivity contribution in [2.75, 3.05) is 19.8 Å². The Bertz CT molecular complexity index is 940. The fraction of sp³-hybridized carbons (Fsp3) is 0.440. The molecular weight excluding hydrogens is 428 g/mol. The zero-order valence-corrected chi connectivity index (χ0v) is 19.6. The van der Waals surface area contributed by atoms with Crippen molar-refractivity contribution in [2.24, 2.45) is 0 Å². The predicted octanol–water partition coefficient (Wildman–Crippen LogP) is 4.52. The number of rotatable bonds is 12. The number of aliphatic hydroxyl groups excluding tert-OH is 1. The van der Waals surface area contributed by atoms with E-state index in [1.165, 1.54) is 0 Å². The van der Waals surface area contributed by atoms with Gasteiger partial charge in [0.25, 0.3) is 0 Å². The number of halogens is 1. The maximum absolute atomic E-state index is 11.9. The molecule has 0 saturated heterocycles. The van der Waals surface area contributed by atoms with Gasteiger partial charge in [-0.3, -0.25) is 0 Å². The molecule has 0 aliphatic heterocycles. The Kier molecular flexibility index (Phi) is 9.98. The molecule has 172 valence electrons. The number of aliphatic hydroxyl groups is 1. The molecule has 0 aliphatic carbocycles. The number of carbonyl (C=O) groups is 1. The van der Waals surface area contributed by atoms with Gasteiger partial charge in [-0.25, -0.2) is 4.79 Å². The Balaban J connectivity index is 1.77. The first-order chi connectivity index (χ1) is 15.3. The van der Waals surface area contributed by atoms with Crippen molar-refractivity contribution in [3.8, 4) is 11.8 Å². The van der Waals surface area contributed by atoms with Gasteiger partial charge in [0.15, 0.2) is 0 Å². The highest BCUT2D eigenvalue weighted by molar-refractivity contribution is 6.31. The van der Waals surface area contributed by atoms with Crippen molar-refractivity contribution < 1.29 is 19.4 Å². The SMILES string of the molecule is CCOC(=O)c1cccc(CCCC(C)(C)NC[C@@H](O)COc2cccc(Cl)c2C#N)c1. The van der Waals surface area contributed by atoms with Crippen molar-refractivity contribution in [2.45, 2.75) is 51.7 Å². The predicted molar refractivity (Wildman–Crippen MR) is 125 cm³/mol. The summed E-state index contributed by atoms with van der Waals surface area (Å²) >= 11 is 6.00. The Labute approximate surface area is 195 Å². The number of nitrogens with one attached hydrogen (secondary N) is 1. The normalized spacial score (nSPS) is 12.1. The lowest BCUT2D eigenvalue weighted by Gasteiger charge is -2.28. The average molecular weight is 459 g/mol. The molecule has 0 bridgehead atoms. The minimum atomic E-state index is -0.735. The van der Waals surface area contributed by atoms with Gasteiger partial charge in [-0.15, -0.1) is 0 Å². The van der Waals surface area contributed by atoms with E-state index in [2.05, 4.69) is 19.2 Å². The summed E-state index contributed by atoms with van der Waals surface area (Å²) in [4.78, 5) is 11.9. The zero-order valence-electron chi connectivity index (χ0n) is 18.9. The Hall–Kier alpha value is -2.59. The van der Waals surface area contributed by atoms with E-state index in [1.54, 1.807) is 31.2 Å². The molecule has 0 radical (unpaired) electrons. The van der Waals surface area contributed by atoms with Crippen LogP contribution in [0.1, 0.15) is 55.1 Å². The molecule has 0 unspecified atom stereocenters. The summed E-state index contributed by atoms with van der Waals surface area (Å²) in [6.45, 7) is 6.73. The van der Waals surface area contributed by atoms with Crippen LogP contribution in [0.25, 0.3) is 0 Å². The first-order valence-corrected chi connectivity index (χ1v) is 11.1. The molecule has 7 heteroatoms. The first-order valence-electron chi connectivity index (χ1n) is 10.8. The van der Waals surface area contributed by atoms with Crippen LogP contribution in [0.2, 0.25) is 5.02 Å². The maximum Gasteiger partial charge on any atom is 0.338 e. The standard InChI is InChI=1S/C25H31ClN2O4/c1-4-31-24(30)19-10-5-8-18(14-19)9-7-13-25(2,3)28-16-20(29)17-32-23-12-6-11-22(26)21(23)15-27/h5-6,8,10-12,14,20,28-29H,4,7,9,13,16-17H2,1-3H3/t20-/m1/s1. The highest BCUT2D eigenvalue weighted by atomic mass is 35.5. The third-order valence-electron chi connectivity index (χ3n) is 5.04. The number of hydrogen-bond donors (Lipinski definition) is 2. The summed E-state index contributed by atoms with van der Waals surface area (Å²) < 4.78 is 10.6. The van der Waals surface area contributed by atoms with E-state index < -0.39 is 6.10 Å². The lowest BCUT2D eigenvalue weighted by atomic mass is 9.95. The number of ether oxygens (including phenoxy) is 2. The van der Waals surface area contributed by atoms with Gasteiger partial charge >= 0.3 is 5.97 Å². The van der Waals surface area contributed by atoms with Crippen LogP contribution in [-0.4, -0.2) is 42.5 Å². The third-order valence-corrected chi connectivity index (χ3v) is 5.35. The number of nitriles is 1. The van der Waals surface area contributed by atoms with Gasteiger partial charge in [0, 0.05) is 12.1 Å². The molecule has 32 heavy (non-hydrogen) atoms. The summed E-state index contributed by atoms with van der Waals surface area (Å²) in [7, 11) is 0. The summed E-state index contributed by atoms with van der Waals surface area (Å²) in [6, 6.07) is 14.5. The Morgan fingerprint density at radius 2 is 2.03 bits per heavy atom. The van der Waals surface area contributed by atoms with Crippen LogP contribution in [0, 0.1) is 11.3 Å². The molecule has 0 fully saturated rings. The largest absolute Gasteiger partial charge is 0.489 e. The first kappa shape index (κ1) is 25.7. The highest BCUT2D eigenvalue weighted by Crippen LogP contribution is 2.25.